The predicted molar refractivity (Wildman–Crippen MR) is 108 cm³/mol. The average Bonchev–Trinajstić information content (AvgIpc) is 2.90. The molecule has 4 atom stereocenters. The largest absolute Gasteiger partial charge is 0.496 e. The van der Waals surface area contributed by atoms with Crippen LogP contribution in [0.2, 0.25) is 0 Å². The van der Waals surface area contributed by atoms with Crippen molar-refractivity contribution in [2.24, 2.45) is 22.7 Å². The summed E-state index contributed by atoms with van der Waals surface area (Å²) >= 11 is 0. The second-order valence-electron chi connectivity index (χ2n) is 10.5. The van der Waals surface area contributed by atoms with Crippen LogP contribution in [0, 0.1) is 29.6 Å². The minimum Gasteiger partial charge on any atom is -0.496 e. The van der Waals surface area contributed by atoms with Crippen LogP contribution in [-0.2, 0) is 11.8 Å². The van der Waals surface area contributed by atoms with Gasteiger partial charge in [0.05, 0.1) is 12.7 Å². The highest BCUT2D eigenvalue weighted by atomic mass is 16.5. The summed E-state index contributed by atoms with van der Waals surface area (Å²) in [6.45, 7) is 11.9. The fraction of sp³-hybridized carbons (Fsp3) is 0.708. The van der Waals surface area contributed by atoms with E-state index in [-0.39, 0.29) is 10.8 Å². The molecule has 0 aromatic heterocycles. The van der Waals surface area contributed by atoms with Gasteiger partial charge in [-0.2, -0.15) is 0 Å². The second-order valence-corrected chi connectivity index (χ2v) is 10.5. The van der Waals surface area contributed by atoms with Crippen LogP contribution in [0.25, 0.3) is 0 Å². The third-order valence-corrected chi connectivity index (χ3v) is 8.89. The highest BCUT2D eigenvalue weighted by Crippen LogP contribution is 2.68. The number of carboxylic acid groups (broad SMARTS) is 1. The molecule has 0 saturated heterocycles. The first-order valence-electron chi connectivity index (χ1n) is 10.5. The Kier molecular flexibility index (Phi) is 4.01. The molecule has 27 heavy (non-hydrogen) atoms. The van der Waals surface area contributed by atoms with Gasteiger partial charge in [0.2, 0.25) is 0 Å². The zero-order valence-corrected chi connectivity index (χ0v) is 17.7. The summed E-state index contributed by atoms with van der Waals surface area (Å²) in [5, 5.41) is 9.99. The molecule has 2 saturated carbocycles. The second kappa shape index (κ2) is 5.75. The van der Waals surface area contributed by atoms with Gasteiger partial charge in [-0.25, -0.2) is 4.79 Å². The van der Waals surface area contributed by atoms with E-state index in [1.807, 2.05) is 0 Å². The molecule has 0 bridgehead atoms. The van der Waals surface area contributed by atoms with Crippen molar-refractivity contribution in [1.82, 2.24) is 0 Å². The van der Waals surface area contributed by atoms with Crippen LogP contribution < -0.4 is 4.74 Å². The van der Waals surface area contributed by atoms with Gasteiger partial charge in [0, 0.05) is 0 Å². The van der Waals surface area contributed by atoms with Gasteiger partial charge in [-0.05, 0) is 89.9 Å². The van der Waals surface area contributed by atoms with Crippen LogP contribution in [0.3, 0.4) is 0 Å². The maximum atomic E-state index is 12.2. The standard InChI is InChI=1S/C24H34O3/c1-14-15-13-19-23(4)10-7-9-22(2,3)18(23)8-11-24(19,5)20(15)16(21(25)26)12-17(14)27-6/h12,18-19H,7-11,13H2,1-6H3,(H,25,26)/t18?,19-,23+,24-/m1/s1. The van der Waals surface area contributed by atoms with Crippen molar-refractivity contribution >= 4 is 5.97 Å². The van der Waals surface area contributed by atoms with E-state index in [0.29, 0.717) is 16.9 Å². The van der Waals surface area contributed by atoms with Crippen molar-refractivity contribution in [1.29, 1.82) is 0 Å². The molecule has 2 fully saturated rings. The number of methoxy groups -OCH3 is 1. The number of hydrogen-bond acceptors (Lipinski definition) is 2. The molecule has 1 aromatic rings. The van der Waals surface area contributed by atoms with Crippen molar-refractivity contribution < 1.29 is 14.6 Å². The molecule has 3 aliphatic rings. The Balaban J connectivity index is 1.91. The van der Waals surface area contributed by atoms with Gasteiger partial charge in [0.25, 0.3) is 0 Å². The first-order chi connectivity index (χ1) is 12.6. The van der Waals surface area contributed by atoms with E-state index in [9.17, 15) is 9.90 Å². The molecular formula is C24H34O3. The number of aromatic carboxylic acids is 1. The molecule has 0 amide bonds. The van der Waals surface area contributed by atoms with E-state index in [2.05, 4.69) is 34.6 Å². The Morgan fingerprint density at radius 1 is 1.15 bits per heavy atom. The molecule has 4 rings (SSSR count). The maximum Gasteiger partial charge on any atom is 0.336 e. The lowest BCUT2D eigenvalue weighted by atomic mass is 9.43. The fourth-order valence-electron chi connectivity index (χ4n) is 7.71. The van der Waals surface area contributed by atoms with E-state index in [0.717, 1.165) is 35.6 Å². The van der Waals surface area contributed by atoms with Crippen LogP contribution in [-0.4, -0.2) is 18.2 Å². The van der Waals surface area contributed by atoms with Gasteiger partial charge < -0.3 is 9.84 Å². The lowest BCUT2D eigenvalue weighted by Crippen LogP contribution is -2.55. The number of ether oxygens (including phenoxy) is 1. The van der Waals surface area contributed by atoms with Crippen molar-refractivity contribution in [2.45, 2.75) is 78.6 Å². The van der Waals surface area contributed by atoms with E-state index < -0.39 is 5.97 Å². The summed E-state index contributed by atoms with van der Waals surface area (Å²) in [4.78, 5) is 12.2. The monoisotopic (exact) mass is 370 g/mol. The summed E-state index contributed by atoms with van der Waals surface area (Å²) in [5.41, 5.74) is 4.59. The average molecular weight is 371 g/mol. The molecule has 3 heteroatoms. The summed E-state index contributed by atoms with van der Waals surface area (Å²) in [5.74, 6) is 1.14. The SMILES string of the molecule is COc1cc(C(=O)O)c2c(c1C)C[C@H]1[C@@]2(C)CCC2C(C)(C)CCC[C@@]21C. The van der Waals surface area contributed by atoms with Crippen molar-refractivity contribution in [3.8, 4) is 5.75 Å². The minimum absolute atomic E-state index is 0.0429. The van der Waals surface area contributed by atoms with Crippen LogP contribution in [0.5, 0.6) is 5.75 Å². The first kappa shape index (κ1) is 18.8. The first-order valence-corrected chi connectivity index (χ1v) is 10.5. The highest BCUT2D eigenvalue weighted by molar-refractivity contribution is 5.92. The van der Waals surface area contributed by atoms with Crippen molar-refractivity contribution in [3.05, 3.63) is 28.3 Å². The van der Waals surface area contributed by atoms with Gasteiger partial charge in [0.15, 0.2) is 0 Å². The van der Waals surface area contributed by atoms with Crippen molar-refractivity contribution in [3.63, 3.8) is 0 Å². The van der Waals surface area contributed by atoms with Crippen LogP contribution in [0.1, 0.15) is 86.8 Å². The van der Waals surface area contributed by atoms with Gasteiger partial charge in [0.1, 0.15) is 5.75 Å². The lowest BCUT2D eigenvalue weighted by molar-refractivity contribution is -0.0983. The summed E-state index contributed by atoms with van der Waals surface area (Å²) < 4.78 is 5.55. The van der Waals surface area contributed by atoms with Gasteiger partial charge in [-0.3, -0.25) is 0 Å². The quantitative estimate of drug-likeness (QED) is 0.720. The number of hydrogen-bond donors (Lipinski definition) is 1. The Morgan fingerprint density at radius 2 is 1.85 bits per heavy atom. The summed E-state index contributed by atoms with van der Waals surface area (Å²) in [6, 6.07) is 1.77. The van der Waals surface area contributed by atoms with Crippen LogP contribution in [0.4, 0.5) is 0 Å². The number of benzene rings is 1. The Labute approximate surface area is 163 Å². The highest BCUT2D eigenvalue weighted by Gasteiger charge is 2.61. The molecule has 3 aliphatic carbocycles. The summed E-state index contributed by atoms with van der Waals surface area (Å²) in [6.07, 6.45) is 7.18. The molecular weight excluding hydrogens is 336 g/mol. The van der Waals surface area contributed by atoms with E-state index in [1.165, 1.54) is 31.2 Å². The van der Waals surface area contributed by atoms with Crippen LogP contribution in [0.15, 0.2) is 6.07 Å². The van der Waals surface area contributed by atoms with Gasteiger partial charge in [-0.1, -0.05) is 34.1 Å². The molecule has 3 nitrogen and oxygen atoms in total. The molecule has 0 spiro atoms. The molecule has 0 heterocycles. The molecule has 0 radical (unpaired) electrons. The molecule has 1 aromatic carbocycles. The minimum atomic E-state index is -0.817. The predicted octanol–water partition coefficient (Wildman–Crippen LogP) is 5.76. The Bertz CT molecular complexity index is 808. The number of carbonyl (C=O) groups is 1. The zero-order chi connectivity index (χ0) is 19.8. The maximum absolute atomic E-state index is 12.2. The number of fused-ring (bicyclic) bond motifs is 5. The third-order valence-electron chi connectivity index (χ3n) is 8.89. The zero-order valence-electron chi connectivity index (χ0n) is 17.7. The Hall–Kier alpha value is -1.51. The van der Waals surface area contributed by atoms with Crippen molar-refractivity contribution in [2.75, 3.05) is 7.11 Å². The number of carboxylic acids is 1. The topological polar surface area (TPSA) is 46.5 Å². The molecule has 1 unspecified atom stereocenters. The normalized spacial score (nSPS) is 36.5. The molecule has 0 aliphatic heterocycles. The Morgan fingerprint density at radius 3 is 2.48 bits per heavy atom. The lowest BCUT2D eigenvalue weighted by Gasteiger charge is -2.61. The fourth-order valence-corrected chi connectivity index (χ4v) is 7.71. The van der Waals surface area contributed by atoms with Gasteiger partial charge in [-0.15, -0.1) is 0 Å². The third kappa shape index (κ3) is 2.36. The van der Waals surface area contributed by atoms with Crippen LogP contribution >= 0.6 is 0 Å². The molecule has 148 valence electrons. The van der Waals surface area contributed by atoms with Gasteiger partial charge >= 0.3 is 5.97 Å². The number of rotatable bonds is 2. The summed E-state index contributed by atoms with van der Waals surface area (Å²) in [7, 11) is 1.64. The molecule has 1 N–H and O–H groups in total. The van der Waals surface area contributed by atoms with E-state index in [4.69, 9.17) is 4.74 Å². The van der Waals surface area contributed by atoms with E-state index in [1.54, 1.807) is 13.2 Å². The smallest absolute Gasteiger partial charge is 0.336 e. The van der Waals surface area contributed by atoms with E-state index >= 15 is 0 Å².